The van der Waals surface area contributed by atoms with Crippen molar-refractivity contribution in [2.45, 2.75) is 57.9 Å². The first-order valence-corrected chi connectivity index (χ1v) is 11.9. The zero-order chi connectivity index (χ0) is 20.5. The first kappa shape index (κ1) is 22.3. The number of unbranched alkanes of at least 4 members (excludes halogenated alkanes) is 1. The Labute approximate surface area is 177 Å². The third kappa shape index (κ3) is 6.85. The maximum Gasteiger partial charge on any atom is 0.225 e. The van der Waals surface area contributed by atoms with Crippen molar-refractivity contribution in [3.8, 4) is 0 Å². The van der Waals surface area contributed by atoms with Crippen LogP contribution in [0.1, 0.15) is 51.9 Å². The van der Waals surface area contributed by atoms with E-state index in [1.807, 2.05) is 7.05 Å². The predicted molar refractivity (Wildman–Crippen MR) is 119 cm³/mol. The fraction of sp³-hybridized carbons (Fsp3) is 0.909. The van der Waals surface area contributed by atoms with Crippen LogP contribution in [0.4, 0.5) is 0 Å². The molecule has 29 heavy (non-hydrogen) atoms. The van der Waals surface area contributed by atoms with E-state index in [0.717, 1.165) is 51.3 Å². The number of carbonyl (C=O) groups is 1. The van der Waals surface area contributed by atoms with Crippen LogP contribution in [0.15, 0.2) is 4.99 Å². The summed E-state index contributed by atoms with van der Waals surface area (Å²) in [5.41, 5.74) is 0. The summed E-state index contributed by atoms with van der Waals surface area (Å²) in [4.78, 5) is 24.2. The molecule has 3 rings (SSSR count). The van der Waals surface area contributed by atoms with E-state index in [-0.39, 0.29) is 5.92 Å². The summed E-state index contributed by atoms with van der Waals surface area (Å²) in [6.07, 6.45) is 8.02. The average Bonchev–Trinajstić information content (AvgIpc) is 3.45. The smallest absolute Gasteiger partial charge is 0.225 e. The molecule has 0 aromatic heterocycles. The number of likely N-dealkylation sites (N-methyl/N-ethyl adjacent to an activating group) is 1. The van der Waals surface area contributed by atoms with Gasteiger partial charge in [-0.15, -0.1) is 0 Å². The Morgan fingerprint density at radius 2 is 1.72 bits per heavy atom. The van der Waals surface area contributed by atoms with Crippen LogP contribution in [0.5, 0.6) is 0 Å². The van der Waals surface area contributed by atoms with Gasteiger partial charge in [-0.05, 0) is 45.2 Å². The fourth-order valence-electron chi connectivity index (χ4n) is 4.89. The zero-order valence-corrected chi connectivity index (χ0v) is 18.7. The van der Waals surface area contributed by atoms with Crippen LogP contribution in [0.2, 0.25) is 0 Å². The van der Waals surface area contributed by atoms with Crippen molar-refractivity contribution in [1.82, 2.24) is 25.3 Å². The summed E-state index contributed by atoms with van der Waals surface area (Å²) in [5, 5.41) is 6.98. The van der Waals surface area contributed by atoms with Crippen molar-refractivity contribution >= 4 is 11.9 Å². The van der Waals surface area contributed by atoms with E-state index >= 15 is 0 Å². The van der Waals surface area contributed by atoms with Gasteiger partial charge < -0.3 is 25.3 Å². The lowest BCUT2D eigenvalue weighted by atomic mass is 10.1. The number of likely N-dealkylation sites (tertiary alicyclic amines) is 1. The molecule has 0 bridgehead atoms. The number of piperazine rings is 1. The molecule has 0 aromatic rings. The number of hydrogen-bond donors (Lipinski definition) is 2. The molecule has 7 heteroatoms. The van der Waals surface area contributed by atoms with Gasteiger partial charge in [0.05, 0.1) is 0 Å². The van der Waals surface area contributed by atoms with Gasteiger partial charge in [-0.3, -0.25) is 9.79 Å². The lowest BCUT2D eigenvalue weighted by molar-refractivity contribution is -0.134. The van der Waals surface area contributed by atoms with E-state index in [9.17, 15) is 4.79 Å². The van der Waals surface area contributed by atoms with Gasteiger partial charge in [-0.2, -0.15) is 0 Å². The molecule has 1 unspecified atom stereocenters. The molecule has 3 fully saturated rings. The van der Waals surface area contributed by atoms with Crippen LogP contribution in [-0.4, -0.2) is 98.6 Å². The Balaban J connectivity index is 1.26. The minimum atomic E-state index is 0.288. The second kappa shape index (κ2) is 11.7. The second-order valence-corrected chi connectivity index (χ2v) is 8.88. The van der Waals surface area contributed by atoms with Gasteiger partial charge in [0, 0.05) is 64.8 Å². The highest BCUT2D eigenvalue weighted by atomic mass is 16.2. The summed E-state index contributed by atoms with van der Waals surface area (Å²) in [5.74, 6) is 1.55. The summed E-state index contributed by atoms with van der Waals surface area (Å²) >= 11 is 0. The van der Waals surface area contributed by atoms with Gasteiger partial charge in [0.1, 0.15) is 0 Å². The molecule has 2 N–H and O–H groups in total. The molecule has 2 aliphatic heterocycles. The molecule has 1 atom stereocenters. The lowest BCUT2D eigenvalue weighted by Gasteiger charge is -2.34. The van der Waals surface area contributed by atoms with Crippen LogP contribution >= 0.6 is 0 Å². The number of aliphatic imine (C=N–C) groups is 1. The van der Waals surface area contributed by atoms with E-state index < -0.39 is 0 Å². The molecule has 1 saturated carbocycles. The number of nitrogens with zero attached hydrogens (tertiary/aromatic N) is 4. The van der Waals surface area contributed by atoms with E-state index in [0.29, 0.717) is 11.9 Å². The van der Waals surface area contributed by atoms with E-state index in [1.165, 1.54) is 58.5 Å². The SMILES string of the molecule is CCN1CCN(CCCCNC(=NC)NC2CCN(C(=O)C3CCCC3)C2)CC1. The van der Waals surface area contributed by atoms with Crippen LogP contribution in [0.25, 0.3) is 0 Å². The normalized spacial score (nSPS) is 25.0. The van der Waals surface area contributed by atoms with Gasteiger partial charge in [0.25, 0.3) is 0 Å². The van der Waals surface area contributed by atoms with Gasteiger partial charge >= 0.3 is 0 Å². The van der Waals surface area contributed by atoms with E-state index in [1.54, 1.807) is 0 Å². The van der Waals surface area contributed by atoms with Crippen molar-refractivity contribution in [3.63, 3.8) is 0 Å². The minimum Gasteiger partial charge on any atom is -0.356 e. The standard InChI is InChI=1S/C22H42N6O/c1-3-26-14-16-27(17-15-26)12-7-6-11-24-22(23-2)25-20-10-13-28(18-20)21(29)19-8-4-5-9-19/h19-20H,3-18H2,1-2H3,(H2,23,24,25). The highest BCUT2D eigenvalue weighted by Gasteiger charge is 2.32. The summed E-state index contributed by atoms with van der Waals surface area (Å²) in [6.45, 7) is 12.1. The van der Waals surface area contributed by atoms with Crippen molar-refractivity contribution in [3.05, 3.63) is 0 Å². The van der Waals surface area contributed by atoms with Gasteiger partial charge in [0.2, 0.25) is 5.91 Å². The van der Waals surface area contributed by atoms with Crippen molar-refractivity contribution < 1.29 is 4.79 Å². The van der Waals surface area contributed by atoms with Crippen molar-refractivity contribution in [2.24, 2.45) is 10.9 Å². The van der Waals surface area contributed by atoms with Crippen LogP contribution < -0.4 is 10.6 Å². The maximum absolute atomic E-state index is 12.6. The molecule has 1 aliphatic carbocycles. The van der Waals surface area contributed by atoms with Gasteiger partial charge in [0.15, 0.2) is 5.96 Å². The number of guanidine groups is 1. The van der Waals surface area contributed by atoms with E-state index in [4.69, 9.17) is 0 Å². The van der Waals surface area contributed by atoms with Gasteiger partial charge in [-0.1, -0.05) is 19.8 Å². The molecule has 166 valence electrons. The first-order chi connectivity index (χ1) is 14.2. The molecular formula is C22H42N6O. The lowest BCUT2D eigenvalue weighted by Crippen LogP contribution is -2.46. The molecule has 7 nitrogen and oxygen atoms in total. The van der Waals surface area contributed by atoms with Crippen LogP contribution in [0, 0.1) is 5.92 Å². The quantitative estimate of drug-likeness (QED) is 0.362. The molecule has 2 saturated heterocycles. The van der Waals surface area contributed by atoms with Crippen LogP contribution in [0.3, 0.4) is 0 Å². The predicted octanol–water partition coefficient (Wildman–Crippen LogP) is 1.36. The Bertz CT molecular complexity index is 525. The molecule has 0 spiro atoms. The van der Waals surface area contributed by atoms with E-state index in [2.05, 4.69) is 37.2 Å². The fourth-order valence-corrected chi connectivity index (χ4v) is 4.89. The molecule has 0 radical (unpaired) electrons. The largest absolute Gasteiger partial charge is 0.356 e. The number of hydrogen-bond acceptors (Lipinski definition) is 4. The Hall–Kier alpha value is -1.34. The van der Waals surface area contributed by atoms with Crippen LogP contribution in [-0.2, 0) is 4.79 Å². The highest BCUT2D eigenvalue weighted by molar-refractivity contribution is 5.81. The molecule has 0 aromatic carbocycles. The summed E-state index contributed by atoms with van der Waals surface area (Å²) in [6, 6.07) is 0.321. The second-order valence-electron chi connectivity index (χ2n) is 8.88. The third-order valence-corrected chi connectivity index (χ3v) is 6.87. The Kier molecular flexibility index (Phi) is 9.05. The van der Waals surface area contributed by atoms with Crippen molar-refractivity contribution in [2.75, 3.05) is 66.0 Å². The summed E-state index contributed by atoms with van der Waals surface area (Å²) in [7, 11) is 1.83. The number of amides is 1. The molecular weight excluding hydrogens is 364 g/mol. The Morgan fingerprint density at radius 1 is 1.00 bits per heavy atom. The topological polar surface area (TPSA) is 63.2 Å². The van der Waals surface area contributed by atoms with Gasteiger partial charge in [-0.25, -0.2) is 0 Å². The average molecular weight is 407 g/mol. The maximum atomic E-state index is 12.6. The number of nitrogens with one attached hydrogen (secondary N) is 2. The number of rotatable bonds is 8. The molecule has 1 amide bonds. The van der Waals surface area contributed by atoms with Crippen molar-refractivity contribution in [1.29, 1.82) is 0 Å². The highest BCUT2D eigenvalue weighted by Crippen LogP contribution is 2.27. The molecule has 3 aliphatic rings. The molecule has 2 heterocycles. The minimum absolute atomic E-state index is 0.288. The zero-order valence-electron chi connectivity index (χ0n) is 18.7. The third-order valence-electron chi connectivity index (χ3n) is 6.87. The Morgan fingerprint density at radius 3 is 2.41 bits per heavy atom. The number of carbonyl (C=O) groups excluding carboxylic acids is 1. The summed E-state index contributed by atoms with van der Waals surface area (Å²) < 4.78 is 0. The monoisotopic (exact) mass is 406 g/mol. The first-order valence-electron chi connectivity index (χ1n) is 11.9.